The Morgan fingerprint density at radius 1 is 1.55 bits per heavy atom. The molecule has 106 valence electrons. The number of nitrogens with two attached hydrogens (primary N) is 1. The predicted molar refractivity (Wildman–Crippen MR) is 80.2 cm³/mol. The Labute approximate surface area is 121 Å². The average Bonchev–Trinajstić information content (AvgIpc) is 2.81. The number of hydrogen-bond acceptors (Lipinski definition) is 6. The number of hydrogen-bond donors (Lipinski definition) is 3. The first kappa shape index (κ1) is 14.1. The van der Waals surface area contributed by atoms with E-state index in [1.54, 1.807) is 19.4 Å². The molecule has 7 heteroatoms. The van der Waals surface area contributed by atoms with Crippen LogP contribution in [-0.4, -0.2) is 25.0 Å². The lowest BCUT2D eigenvalue weighted by Gasteiger charge is -2.06. The smallest absolute Gasteiger partial charge is 0.263 e. The molecule has 0 aliphatic heterocycles. The predicted octanol–water partition coefficient (Wildman–Crippen LogP) is 1.71. The molecule has 0 aliphatic rings. The van der Waals surface area contributed by atoms with Crippen molar-refractivity contribution in [3.05, 3.63) is 35.0 Å². The van der Waals surface area contributed by atoms with Crippen molar-refractivity contribution >= 4 is 27.9 Å². The highest BCUT2D eigenvalue weighted by Gasteiger charge is 2.20. The summed E-state index contributed by atoms with van der Waals surface area (Å²) in [5.41, 5.74) is 7.32. The number of carbonyl (C=O) groups excluding carboxylic acids is 1. The quantitative estimate of drug-likeness (QED) is 0.780. The van der Waals surface area contributed by atoms with E-state index in [4.69, 9.17) is 10.5 Å². The fourth-order valence-corrected chi connectivity index (χ4v) is 2.75. The van der Waals surface area contributed by atoms with Crippen LogP contribution >= 0.6 is 11.3 Å². The molecule has 0 fully saturated rings. The van der Waals surface area contributed by atoms with Gasteiger partial charge in [-0.2, -0.15) is 0 Å². The fraction of sp³-hybridized carbons (Fsp3) is 0.231. The number of nitrogens with zero attached hydrogens (tertiary/aromatic N) is 1. The summed E-state index contributed by atoms with van der Waals surface area (Å²) in [5, 5.41) is 6.50. The molecule has 0 saturated heterocycles. The summed E-state index contributed by atoms with van der Waals surface area (Å²) >= 11 is 1.27. The van der Waals surface area contributed by atoms with Crippen LogP contribution in [0.25, 0.3) is 0 Å². The highest BCUT2D eigenvalue weighted by molar-refractivity contribution is 7.19. The molecule has 20 heavy (non-hydrogen) atoms. The van der Waals surface area contributed by atoms with Crippen molar-refractivity contribution in [2.45, 2.75) is 6.54 Å². The minimum Gasteiger partial charge on any atom is -0.492 e. The first-order valence-electron chi connectivity index (χ1n) is 5.98. The van der Waals surface area contributed by atoms with Crippen LogP contribution in [0, 0.1) is 0 Å². The van der Waals surface area contributed by atoms with E-state index in [-0.39, 0.29) is 5.91 Å². The van der Waals surface area contributed by atoms with Gasteiger partial charge in [-0.1, -0.05) is 6.07 Å². The highest BCUT2D eigenvalue weighted by Crippen LogP contribution is 2.42. The number of methoxy groups -OCH3 is 1. The van der Waals surface area contributed by atoms with Gasteiger partial charge < -0.3 is 21.1 Å². The van der Waals surface area contributed by atoms with Crippen molar-refractivity contribution in [1.29, 1.82) is 0 Å². The first-order chi connectivity index (χ1) is 9.67. The summed E-state index contributed by atoms with van der Waals surface area (Å²) in [7, 11) is 3.10. The molecule has 0 bridgehead atoms. The SMILES string of the molecule is CNC(=O)c1sc(NCc2cccnc2)c(OC)c1N. The zero-order valence-electron chi connectivity index (χ0n) is 11.3. The molecule has 2 aromatic rings. The molecule has 0 aliphatic carbocycles. The van der Waals surface area contributed by atoms with Crippen LogP contribution in [-0.2, 0) is 6.54 Å². The van der Waals surface area contributed by atoms with Crippen molar-refractivity contribution in [3.63, 3.8) is 0 Å². The lowest BCUT2D eigenvalue weighted by Crippen LogP contribution is -2.17. The Morgan fingerprint density at radius 3 is 2.95 bits per heavy atom. The van der Waals surface area contributed by atoms with Gasteiger partial charge in [-0.15, -0.1) is 11.3 Å². The minimum absolute atomic E-state index is 0.222. The van der Waals surface area contributed by atoms with Gasteiger partial charge in [0.25, 0.3) is 5.91 Å². The minimum atomic E-state index is -0.222. The summed E-state index contributed by atoms with van der Waals surface area (Å²) in [5.74, 6) is 0.276. The maximum absolute atomic E-state index is 11.7. The van der Waals surface area contributed by atoms with Gasteiger partial charge in [0.2, 0.25) is 0 Å². The monoisotopic (exact) mass is 292 g/mol. The van der Waals surface area contributed by atoms with Crippen LogP contribution in [0.1, 0.15) is 15.2 Å². The van der Waals surface area contributed by atoms with Crippen LogP contribution in [0.5, 0.6) is 5.75 Å². The molecule has 2 rings (SSSR count). The van der Waals surface area contributed by atoms with Crippen molar-refractivity contribution in [2.75, 3.05) is 25.2 Å². The first-order valence-corrected chi connectivity index (χ1v) is 6.80. The molecular formula is C13H16N4O2S. The number of amides is 1. The Balaban J connectivity index is 2.21. The summed E-state index contributed by atoms with van der Waals surface area (Å²) in [6.07, 6.45) is 3.49. The second-order valence-corrected chi connectivity index (χ2v) is 5.02. The molecule has 0 aromatic carbocycles. The fourth-order valence-electron chi connectivity index (χ4n) is 1.72. The van der Waals surface area contributed by atoms with Crippen molar-refractivity contribution < 1.29 is 9.53 Å². The number of pyridine rings is 1. The molecule has 2 heterocycles. The summed E-state index contributed by atoms with van der Waals surface area (Å²) in [6.45, 7) is 0.581. The van der Waals surface area contributed by atoms with Gasteiger partial charge >= 0.3 is 0 Å². The number of aromatic nitrogens is 1. The van der Waals surface area contributed by atoms with E-state index in [0.29, 0.717) is 22.9 Å². The van der Waals surface area contributed by atoms with E-state index in [9.17, 15) is 4.79 Å². The van der Waals surface area contributed by atoms with Crippen LogP contribution in [0.2, 0.25) is 0 Å². The van der Waals surface area contributed by atoms with Gasteiger partial charge in [0.15, 0.2) is 5.75 Å². The number of carbonyl (C=O) groups is 1. The zero-order chi connectivity index (χ0) is 14.5. The molecule has 0 radical (unpaired) electrons. The summed E-state index contributed by atoms with van der Waals surface area (Å²) < 4.78 is 5.27. The highest BCUT2D eigenvalue weighted by atomic mass is 32.1. The standard InChI is InChI=1S/C13H16N4O2S/c1-15-12(18)11-9(14)10(19-2)13(20-11)17-7-8-4-3-5-16-6-8/h3-6,17H,7,14H2,1-2H3,(H,15,18). The molecular weight excluding hydrogens is 276 g/mol. The van der Waals surface area contributed by atoms with E-state index in [0.717, 1.165) is 10.6 Å². The Kier molecular flexibility index (Phi) is 4.41. The number of anilines is 2. The molecule has 0 spiro atoms. The van der Waals surface area contributed by atoms with Crippen molar-refractivity contribution in [3.8, 4) is 5.75 Å². The van der Waals surface area contributed by atoms with E-state index >= 15 is 0 Å². The third-order valence-electron chi connectivity index (χ3n) is 2.71. The number of thiophene rings is 1. The van der Waals surface area contributed by atoms with Gasteiger partial charge in [-0.25, -0.2) is 0 Å². The van der Waals surface area contributed by atoms with Gasteiger partial charge in [-0.05, 0) is 11.6 Å². The van der Waals surface area contributed by atoms with Crippen molar-refractivity contribution in [1.82, 2.24) is 10.3 Å². The number of nitrogen functional groups attached to an aromatic ring is 1. The second-order valence-electron chi connectivity index (χ2n) is 4.00. The number of rotatable bonds is 5. The second kappa shape index (κ2) is 6.25. The molecule has 0 atom stereocenters. The Bertz CT molecular complexity index is 598. The largest absolute Gasteiger partial charge is 0.492 e. The maximum Gasteiger partial charge on any atom is 0.263 e. The number of ether oxygens (including phenoxy) is 1. The Morgan fingerprint density at radius 2 is 2.35 bits per heavy atom. The average molecular weight is 292 g/mol. The lowest BCUT2D eigenvalue weighted by atomic mass is 10.3. The van der Waals surface area contributed by atoms with Gasteiger partial charge in [0.1, 0.15) is 15.6 Å². The molecule has 0 saturated carbocycles. The normalized spacial score (nSPS) is 10.1. The Hall–Kier alpha value is -2.28. The molecule has 0 unspecified atom stereocenters. The number of nitrogens with one attached hydrogen (secondary N) is 2. The third kappa shape index (κ3) is 2.83. The van der Waals surface area contributed by atoms with Crippen LogP contribution in [0.4, 0.5) is 10.7 Å². The van der Waals surface area contributed by atoms with E-state index in [1.807, 2.05) is 12.1 Å². The van der Waals surface area contributed by atoms with Crippen LogP contribution in [0.3, 0.4) is 0 Å². The van der Waals surface area contributed by atoms with E-state index in [1.165, 1.54) is 18.4 Å². The van der Waals surface area contributed by atoms with E-state index < -0.39 is 0 Å². The van der Waals surface area contributed by atoms with Crippen LogP contribution in [0.15, 0.2) is 24.5 Å². The van der Waals surface area contributed by atoms with Gasteiger partial charge in [0.05, 0.1) is 7.11 Å². The molecule has 1 amide bonds. The zero-order valence-corrected chi connectivity index (χ0v) is 12.1. The molecule has 6 nitrogen and oxygen atoms in total. The lowest BCUT2D eigenvalue weighted by molar-refractivity contribution is 0.0967. The van der Waals surface area contributed by atoms with Crippen molar-refractivity contribution in [2.24, 2.45) is 0 Å². The van der Waals surface area contributed by atoms with E-state index in [2.05, 4.69) is 15.6 Å². The molecule has 2 aromatic heterocycles. The van der Waals surface area contributed by atoms with Crippen LogP contribution < -0.4 is 21.1 Å². The summed E-state index contributed by atoms with van der Waals surface area (Å²) in [6, 6.07) is 3.83. The topological polar surface area (TPSA) is 89.3 Å². The third-order valence-corrected chi connectivity index (χ3v) is 3.86. The molecule has 4 N–H and O–H groups in total. The van der Waals surface area contributed by atoms with Gasteiger partial charge in [-0.3, -0.25) is 9.78 Å². The summed E-state index contributed by atoms with van der Waals surface area (Å²) in [4.78, 5) is 16.2. The van der Waals surface area contributed by atoms with Gasteiger partial charge in [0, 0.05) is 26.0 Å². The maximum atomic E-state index is 11.7.